The first-order valence-electron chi connectivity index (χ1n) is 6.83. The van der Waals surface area contributed by atoms with E-state index in [2.05, 4.69) is 36.3 Å². The summed E-state index contributed by atoms with van der Waals surface area (Å²) in [4.78, 5) is 17.1. The maximum Gasteiger partial charge on any atom is 0.230 e. The van der Waals surface area contributed by atoms with Gasteiger partial charge >= 0.3 is 0 Å². The van der Waals surface area contributed by atoms with Gasteiger partial charge in [-0.25, -0.2) is 4.98 Å². The van der Waals surface area contributed by atoms with Crippen LogP contribution < -0.4 is 5.32 Å². The lowest BCUT2D eigenvalue weighted by Crippen LogP contribution is -2.14. The molecule has 1 heterocycles. The third-order valence-electron chi connectivity index (χ3n) is 2.90. The third-order valence-corrected chi connectivity index (χ3v) is 3.73. The van der Waals surface area contributed by atoms with Crippen LogP contribution in [-0.2, 0) is 17.6 Å². The second kappa shape index (κ2) is 6.66. The molecule has 0 aliphatic heterocycles. The first-order chi connectivity index (χ1) is 9.52. The Balaban J connectivity index is 1.91. The summed E-state index contributed by atoms with van der Waals surface area (Å²) in [6.45, 7) is 6.38. The topological polar surface area (TPSA) is 42.0 Å². The van der Waals surface area contributed by atoms with Gasteiger partial charge in [0.25, 0.3) is 0 Å². The standard InChI is InChI=1S/C16H20N2OS/c1-11(2)8-13-4-6-14(7-5-13)9-15(19)18-16-17-10-12(3)20-16/h4-7,10-11H,8-9H2,1-3H3,(H,17,18,19). The highest BCUT2D eigenvalue weighted by atomic mass is 32.1. The maximum atomic E-state index is 11.9. The van der Waals surface area contributed by atoms with Gasteiger partial charge < -0.3 is 5.32 Å². The summed E-state index contributed by atoms with van der Waals surface area (Å²) in [6.07, 6.45) is 3.23. The zero-order valence-electron chi connectivity index (χ0n) is 12.1. The van der Waals surface area contributed by atoms with Crippen LogP contribution in [0.1, 0.15) is 29.9 Å². The molecule has 4 heteroatoms. The number of nitrogens with one attached hydrogen (secondary N) is 1. The van der Waals surface area contributed by atoms with Crippen molar-refractivity contribution in [3.05, 3.63) is 46.5 Å². The van der Waals surface area contributed by atoms with Crippen molar-refractivity contribution in [3.8, 4) is 0 Å². The number of rotatable bonds is 5. The third kappa shape index (κ3) is 4.46. The van der Waals surface area contributed by atoms with E-state index >= 15 is 0 Å². The number of thiazole rings is 1. The van der Waals surface area contributed by atoms with Crippen LogP contribution in [0.3, 0.4) is 0 Å². The van der Waals surface area contributed by atoms with E-state index < -0.39 is 0 Å². The molecule has 1 aromatic carbocycles. The van der Waals surface area contributed by atoms with Crippen molar-refractivity contribution < 1.29 is 4.79 Å². The van der Waals surface area contributed by atoms with Gasteiger partial charge in [-0.2, -0.15) is 0 Å². The van der Waals surface area contributed by atoms with Gasteiger partial charge in [-0.15, -0.1) is 11.3 Å². The predicted molar refractivity (Wildman–Crippen MR) is 84.2 cm³/mol. The summed E-state index contributed by atoms with van der Waals surface area (Å²) in [5, 5.41) is 3.50. The van der Waals surface area contributed by atoms with Gasteiger partial charge in [0.15, 0.2) is 5.13 Å². The molecule has 0 bridgehead atoms. The second-order valence-corrected chi connectivity index (χ2v) is 6.65. The molecule has 0 radical (unpaired) electrons. The Morgan fingerprint density at radius 2 is 1.90 bits per heavy atom. The Hall–Kier alpha value is -1.68. The number of nitrogens with zero attached hydrogens (tertiary/aromatic N) is 1. The largest absolute Gasteiger partial charge is 0.302 e. The Morgan fingerprint density at radius 3 is 2.45 bits per heavy atom. The number of carbonyl (C=O) groups excluding carboxylic acids is 1. The van der Waals surface area contributed by atoms with Gasteiger partial charge in [-0.05, 0) is 30.4 Å². The molecule has 1 aromatic heterocycles. The minimum atomic E-state index is -0.0176. The zero-order chi connectivity index (χ0) is 14.5. The Kier molecular flexibility index (Phi) is 4.90. The van der Waals surface area contributed by atoms with Crippen LogP contribution in [0.5, 0.6) is 0 Å². The molecule has 20 heavy (non-hydrogen) atoms. The molecular weight excluding hydrogens is 268 g/mol. The van der Waals surface area contributed by atoms with Crippen molar-refractivity contribution in [1.29, 1.82) is 0 Å². The van der Waals surface area contributed by atoms with E-state index in [1.165, 1.54) is 16.9 Å². The molecule has 106 valence electrons. The maximum absolute atomic E-state index is 11.9. The van der Waals surface area contributed by atoms with Crippen molar-refractivity contribution in [2.75, 3.05) is 5.32 Å². The predicted octanol–water partition coefficient (Wildman–Crippen LogP) is 3.83. The van der Waals surface area contributed by atoms with Gasteiger partial charge in [-0.3, -0.25) is 4.79 Å². The number of aryl methyl sites for hydroxylation is 1. The zero-order valence-corrected chi connectivity index (χ0v) is 13.0. The van der Waals surface area contributed by atoms with E-state index in [0.29, 0.717) is 17.5 Å². The van der Waals surface area contributed by atoms with Crippen LogP contribution in [0.4, 0.5) is 5.13 Å². The van der Waals surface area contributed by atoms with E-state index in [-0.39, 0.29) is 5.91 Å². The Labute approximate surface area is 124 Å². The lowest BCUT2D eigenvalue weighted by atomic mass is 10.0. The fraction of sp³-hybridized carbons (Fsp3) is 0.375. The minimum Gasteiger partial charge on any atom is -0.302 e. The molecule has 0 atom stereocenters. The average molecular weight is 288 g/mol. The van der Waals surface area contributed by atoms with Gasteiger partial charge in [0.1, 0.15) is 0 Å². The van der Waals surface area contributed by atoms with Gasteiger partial charge in [0, 0.05) is 11.1 Å². The summed E-state index contributed by atoms with van der Waals surface area (Å²) in [7, 11) is 0. The summed E-state index contributed by atoms with van der Waals surface area (Å²) in [5.74, 6) is 0.633. The molecular formula is C16H20N2OS. The summed E-state index contributed by atoms with van der Waals surface area (Å²) in [6, 6.07) is 8.28. The van der Waals surface area contributed by atoms with E-state index in [0.717, 1.165) is 16.9 Å². The molecule has 2 rings (SSSR count). The molecule has 0 saturated carbocycles. The van der Waals surface area contributed by atoms with Crippen LogP contribution in [0.15, 0.2) is 30.5 Å². The molecule has 0 aliphatic carbocycles. The second-order valence-electron chi connectivity index (χ2n) is 5.42. The first-order valence-corrected chi connectivity index (χ1v) is 7.64. The first kappa shape index (κ1) is 14.7. The van der Waals surface area contributed by atoms with E-state index in [4.69, 9.17) is 0 Å². The lowest BCUT2D eigenvalue weighted by Gasteiger charge is -2.06. The molecule has 0 saturated heterocycles. The van der Waals surface area contributed by atoms with E-state index in [9.17, 15) is 4.79 Å². The molecule has 3 nitrogen and oxygen atoms in total. The number of hydrogen-bond donors (Lipinski definition) is 1. The summed E-state index contributed by atoms with van der Waals surface area (Å²) in [5.41, 5.74) is 2.35. The normalized spacial score (nSPS) is 10.8. The fourth-order valence-electron chi connectivity index (χ4n) is 2.03. The Morgan fingerprint density at radius 1 is 1.25 bits per heavy atom. The van der Waals surface area contributed by atoms with Gasteiger partial charge in [0.2, 0.25) is 5.91 Å². The van der Waals surface area contributed by atoms with Crippen molar-refractivity contribution >= 4 is 22.4 Å². The quantitative estimate of drug-likeness (QED) is 0.908. The number of benzene rings is 1. The van der Waals surface area contributed by atoms with Gasteiger partial charge in [-0.1, -0.05) is 38.1 Å². The highest BCUT2D eigenvalue weighted by molar-refractivity contribution is 7.15. The number of aromatic nitrogens is 1. The average Bonchev–Trinajstić information content (AvgIpc) is 2.76. The van der Waals surface area contributed by atoms with Crippen LogP contribution in [0.25, 0.3) is 0 Å². The van der Waals surface area contributed by atoms with Crippen LogP contribution in [-0.4, -0.2) is 10.9 Å². The number of anilines is 1. The molecule has 0 spiro atoms. The highest BCUT2D eigenvalue weighted by Gasteiger charge is 2.07. The Bertz CT molecular complexity index is 572. The fourth-order valence-corrected chi connectivity index (χ4v) is 2.71. The van der Waals surface area contributed by atoms with Crippen molar-refractivity contribution in [2.24, 2.45) is 5.92 Å². The SMILES string of the molecule is Cc1cnc(NC(=O)Cc2ccc(CC(C)C)cc2)s1. The number of carbonyl (C=O) groups is 1. The van der Waals surface area contributed by atoms with Crippen molar-refractivity contribution in [3.63, 3.8) is 0 Å². The molecule has 0 aliphatic rings. The van der Waals surface area contributed by atoms with Crippen LogP contribution in [0.2, 0.25) is 0 Å². The van der Waals surface area contributed by atoms with E-state index in [1.807, 2.05) is 19.1 Å². The van der Waals surface area contributed by atoms with Gasteiger partial charge in [0.05, 0.1) is 6.42 Å². The molecule has 2 aromatic rings. The van der Waals surface area contributed by atoms with E-state index in [1.54, 1.807) is 6.20 Å². The summed E-state index contributed by atoms with van der Waals surface area (Å²) >= 11 is 1.49. The number of amides is 1. The number of hydrogen-bond acceptors (Lipinski definition) is 3. The highest BCUT2D eigenvalue weighted by Crippen LogP contribution is 2.17. The monoisotopic (exact) mass is 288 g/mol. The van der Waals surface area contributed by atoms with Crippen LogP contribution in [0, 0.1) is 12.8 Å². The lowest BCUT2D eigenvalue weighted by molar-refractivity contribution is -0.115. The van der Waals surface area contributed by atoms with Crippen molar-refractivity contribution in [1.82, 2.24) is 4.98 Å². The smallest absolute Gasteiger partial charge is 0.230 e. The molecule has 0 unspecified atom stereocenters. The minimum absolute atomic E-state index is 0.0176. The molecule has 1 amide bonds. The molecule has 0 fully saturated rings. The van der Waals surface area contributed by atoms with Crippen molar-refractivity contribution in [2.45, 2.75) is 33.6 Å². The summed E-state index contributed by atoms with van der Waals surface area (Å²) < 4.78 is 0. The van der Waals surface area contributed by atoms with Crippen LogP contribution >= 0.6 is 11.3 Å². The molecule has 1 N–H and O–H groups in total.